The van der Waals surface area contributed by atoms with Crippen LogP contribution in [0.25, 0.3) is 0 Å². The summed E-state index contributed by atoms with van der Waals surface area (Å²) in [6.45, 7) is 5.75. The van der Waals surface area contributed by atoms with E-state index in [1.54, 1.807) is 20.8 Å². The lowest BCUT2D eigenvalue weighted by Gasteiger charge is -2.32. The van der Waals surface area contributed by atoms with Gasteiger partial charge in [0, 0.05) is 17.8 Å². The van der Waals surface area contributed by atoms with Crippen molar-refractivity contribution in [2.24, 2.45) is 11.0 Å². The Morgan fingerprint density at radius 3 is 2.43 bits per heavy atom. The number of hydrogen-bond acceptors (Lipinski definition) is 5. The molecular formula is C18H22F3N3O4. The summed E-state index contributed by atoms with van der Waals surface area (Å²) in [5.74, 6) is -2.46. The van der Waals surface area contributed by atoms with Crippen molar-refractivity contribution >= 4 is 23.2 Å². The van der Waals surface area contributed by atoms with Gasteiger partial charge in [0.2, 0.25) is 0 Å². The molecule has 1 atom stereocenters. The number of halogens is 3. The Morgan fingerprint density at radius 2 is 1.93 bits per heavy atom. The third-order valence-electron chi connectivity index (χ3n) is 3.95. The average molecular weight is 401 g/mol. The van der Waals surface area contributed by atoms with Crippen molar-refractivity contribution in [1.29, 1.82) is 0 Å². The van der Waals surface area contributed by atoms with Crippen molar-refractivity contribution < 1.29 is 32.6 Å². The Labute approximate surface area is 160 Å². The summed E-state index contributed by atoms with van der Waals surface area (Å²) in [5.41, 5.74) is -3.37. The third-order valence-corrected chi connectivity index (χ3v) is 3.95. The summed E-state index contributed by atoms with van der Waals surface area (Å²) >= 11 is 0. The van der Waals surface area contributed by atoms with Crippen LogP contribution in [-0.4, -0.2) is 46.1 Å². The first-order valence-corrected chi connectivity index (χ1v) is 8.71. The van der Waals surface area contributed by atoms with Gasteiger partial charge in [-0.15, -0.1) is 0 Å². The number of benzene rings is 1. The second-order valence-electron chi connectivity index (χ2n) is 6.78. The molecule has 0 saturated heterocycles. The molecule has 2 amide bonds. The Balaban J connectivity index is 2.20. The van der Waals surface area contributed by atoms with Crippen molar-refractivity contribution in [2.45, 2.75) is 45.5 Å². The van der Waals surface area contributed by atoms with Gasteiger partial charge in [0.15, 0.2) is 0 Å². The molecule has 28 heavy (non-hydrogen) atoms. The number of ether oxygens (including phenoxy) is 1. The van der Waals surface area contributed by atoms with E-state index in [0.717, 1.165) is 0 Å². The monoisotopic (exact) mass is 401 g/mol. The van der Waals surface area contributed by atoms with Gasteiger partial charge in [-0.05, 0) is 43.5 Å². The van der Waals surface area contributed by atoms with Crippen molar-refractivity contribution in [3.05, 3.63) is 24.3 Å². The van der Waals surface area contributed by atoms with Crippen LogP contribution >= 0.6 is 0 Å². The van der Waals surface area contributed by atoms with Crippen LogP contribution in [-0.2, 0) is 9.59 Å². The molecule has 0 bridgehead atoms. The number of carbonyl (C=O) groups excluding carboxylic acids is 2. The second-order valence-corrected chi connectivity index (χ2v) is 6.78. The van der Waals surface area contributed by atoms with Crippen molar-refractivity contribution in [2.75, 3.05) is 11.9 Å². The maximum Gasteiger partial charge on any atom is 0.438 e. The summed E-state index contributed by atoms with van der Waals surface area (Å²) in [6.07, 6.45) is -5.91. The molecule has 0 spiro atoms. The summed E-state index contributed by atoms with van der Waals surface area (Å²) < 4.78 is 45.5. The molecule has 1 heterocycles. The topological polar surface area (TPSA) is 91.2 Å². The maximum atomic E-state index is 13.4. The molecule has 1 aliphatic heterocycles. The van der Waals surface area contributed by atoms with Gasteiger partial charge in [-0.3, -0.25) is 9.59 Å². The highest BCUT2D eigenvalue weighted by molar-refractivity contribution is 6.39. The molecule has 0 aliphatic carbocycles. The highest BCUT2D eigenvalue weighted by Crippen LogP contribution is 2.41. The van der Waals surface area contributed by atoms with Gasteiger partial charge >= 0.3 is 18.0 Å². The summed E-state index contributed by atoms with van der Waals surface area (Å²) in [6, 6.07) is 5.93. The summed E-state index contributed by atoms with van der Waals surface area (Å²) in [4.78, 5) is 24.5. The zero-order valence-corrected chi connectivity index (χ0v) is 15.7. The lowest BCUT2D eigenvalue weighted by Crippen LogP contribution is -2.58. The molecule has 2 N–H and O–H groups in total. The van der Waals surface area contributed by atoms with Crippen LogP contribution in [0.1, 0.15) is 33.6 Å². The van der Waals surface area contributed by atoms with E-state index in [1.165, 1.54) is 24.3 Å². The number of anilines is 1. The van der Waals surface area contributed by atoms with E-state index in [0.29, 0.717) is 12.4 Å². The maximum absolute atomic E-state index is 13.4. The number of amides is 2. The minimum absolute atomic E-state index is 0.00274. The minimum Gasteiger partial charge on any atom is -0.494 e. The van der Waals surface area contributed by atoms with E-state index >= 15 is 0 Å². The zero-order valence-electron chi connectivity index (χ0n) is 15.7. The van der Waals surface area contributed by atoms with Crippen LogP contribution in [0.2, 0.25) is 0 Å². The standard InChI is InChI=1S/C18H22F3N3O4/c1-4-28-14-7-5-12(6-8-14)22-15(25)16(26)24-17(27,18(19,20)21)10-13(23-24)9-11(2)3/h5-8,11,27H,4,9-10H2,1-3H3,(H,22,25). The molecule has 154 valence electrons. The van der Waals surface area contributed by atoms with E-state index in [1.807, 2.05) is 0 Å². The van der Waals surface area contributed by atoms with Crippen molar-refractivity contribution in [1.82, 2.24) is 5.01 Å². The van der Waals surface area contributed by atoms with E-state index in [2.05, 4.69) is 10.4 Å². The van der Waals surface area contributed by atoms with E-state index in [4.69, 9.17) is 4.74 Å². The fourth-order valence-electron chi connectivity index (χ4n) is 2.72. The lowest BCUT2D eigenvalue weighted by molar-refractivity contribution is -0.301. The number of alkyl halides is 3. The molecule has 0 radical (unpaired) electrons. The van der Waals surface area contributed by atoms with E-state index in [9.17, 15) is 27.9 Å². The number of carbonyl (C=O) groups is 2. The van der Waals surface area contributed by atoms with Crippen LogP contribution < -0.4 is 10.1 Å². The number of rotatable bonds is 5. The number of hydrazone groups is 1. The Hall–Kier alpha value is -2.62. The highest BCUT2D eigenvalue weighted by atomic mass is 19.4. The molecule has 0 fully saturated rings. The van der Waals surface area contributed by atoms with Gasteiger partial charge in [-0.25, -0.2) is 0 Å². The number of nitrogens with zero attached hydrogens (tertiary/aromatic N) is 2. The molecule has 10 heteroatoms. The summed E-state index contributed by atoms with van der Waals surface area (Å²) in [7, 11) is 0. The third kappa shape index (κ3) is 4.61. The van der Waals surface area contributed by atoms with E-state index < -0.39 is 30.1 Å². The van der Waals surface area contributed by atoms with Gasteiger partial charge in [0.05, 0.1) is 6.61 Å². The quantitative estimate of drug-likeness (QED) is 0.743. The van der Waals surface area contributed by atoms with Crippen LogP contribution in [0.15, 0.2) is 29.4 Å². The lowest BCUT2D eigenvalue weighted by atomic mass is 9.99. The van der Waals surface area contributed by atoms with Gasteiger partial charge in [0.25, 0.3) is 5.72 Å². The molecule has 0 aromatic heterocycles. The van der Waals surface area contributed by atoms with Gasteiger partial charge in [0.1, 0.15) is 5.75 Å². The molecule has 1 aliphatic rings. The van der Waals surface area contributed by atoms with Gasteiger partial charge in [-0.1, -0.05) is 13.8 Å². The average Bonchev–Trinajstić information content (AvgIpc) is 2.92. The number of nitrogens with one attached hydrogen (secondary N) is 1. The van der Waals surface area contributed by atoms with E-state index in [-0.39, 0.29) is 28.7 Å². The smallest absolute Gasteiger partial charge is 0.438 e. The van der Waals surface area contributed by atoms with Crippen LogP contribution in [0.3, 0.4) is 0 Å². The molecule has 1 unspecified atom stereocenters. The zero-order chi connectivity index (χ0) is 21.1. The number of aliphatic hydroxyl groups is 1. The SMILES string of the molecule is CCOc1ccc(NC(=O)C(=O)N2N=C(CC(C)C)CC2(O)C(F)(F)F)cc1. The van der Waals surface area contributed by atoms with Crippen LogP contribution in [0.4, 0.5) is 18.9 Å². The van der Waals surface area contributed by atoms with Gasteiger partial charge in [-0.2, -0.15) is 23.3 Å². The predicted octanol–water partition coefficient (Wildman–Crippen LogP) is 2.91. The van der Waals surface area contributed by atoms with Crippen molar-refractivity contribution in [3.8, 4) is 5.75 Å². The first-order chi connectivity index (χ1) is 13.0. The molecule has 2 rings (SSSR count). The highest BCUT2D eigenvalue weighted by Gasteiger charge is 2.63. The first kappa shape index (κ1) is 21.7. The first-order valence-electron chi connectivity index (χ1n) is 8.71. The predicted molar refractivity (Wildman–Crippen MR) is 95.6 cm³/mol. The summed E-state index contributed by atoms with van der Waals surface area (Å²) in [5, 5.41) is 15.7. The molecule has 0 saturated carbocycles. The van der Waals surface area contributed by atoms with Crippen LogP contribution in [0, 0.1) is 5.92 Å². The molecule has 1 aromatic rings. The minimum atomic E-state index is -5.18. The van der Waals surface area contributed by atoms with Crippen LogP contribution in [0.5, 0.6) is 5.75 Å². The molecule has 1 aromatic carbocycles. The van der Waals surface area contributed by atoms with Gasteiger partial charge < -0.3 is 15.2 Å². The largest absolute Gasteiger partial charge is 0.494 e. The molecule has 7 nitrogen and oxygen atoms in total. The van der Waals surface area contributed by atoms with Crippen molar-refractivity contribution in [3.63, 3.8) is 0 Å². The Kier molecular flexibility index (Phi) is 6.33. The Bertz CT molecular complexity index is 762. The fraction of sp³-hybridized carbons (Fsp3) is 0.500. The Morgan fingerprint density at radius 1 is 1.32 bits per heavy atom. The number of hydrogen-bond donors (Lipinski definition) is 2. The normalized spacial score (nSPS) is 19.6. The fourth-order valence-corrected chi connectivity index (χ4v) is 2.72. The second kappa shape index (κ2) is 8.17. The molecular weight excluding hydrogens is 379 g/mol.